The van der Waals surface area contributed by atoms with Gasteiger partial charge in [0.2, 0.25) is 0 Å². The summed E-state index contributed by atoms with van der Waals surface area (Å²) < 4.78 is 0.905. The summed E-state index contributed by atoms with van der Waals surface area (Å²) in [6.45, 7) is 4.05. The zero-order valence-electron chi connectivity index (χ0n) is 16.9. The van der Waals surface area contributed by atoms with Crippen molar-refractivity contribution in [1.29, 1.82) is 5.26 Å². The summed E-state index contributed by atoms with van der Waals surface area (Å²) in [4.78, 5) is 26.6. The largest absolute Gasteiger partial charge is 0.384 e. The molecule has 0 fully saturated rings. The fourth-order valence-corrected chi connectivity index (χ4v) is 5.84. The predicted octanol–water partition coefficient (Wildman–Crippen LogP) is 5.36. The highest BCUT2D eigenvalue weighted by Crippen LogP contribution is 2.51. The van der Waals surface area contributed by atoms with Gasteiger partial charge in [0.1, 0.15) is 5.82 Å². The third-order valence-corrected chi connectivity index (χ3v) is 7.27. The smallest absolute Gasteiger partial charge is 0.269 e. The summed E-state index contributed by atoms with van der Waals surface area (Å²) in [5.74, 6) is -0.280. The molecule has 0 amide bonds. The Morgan fingerprint density at radius 2 is 1.94 bits per heavy atom. The van der Waals surface area contributed by atoms with Crippen LogP contribution in [0.15, 0.2) is 62.8 Å². The molecule has 2 heterocycles. The Hall–Kier alpha value is -2.96. The van der Waals surface area contributed by atoms with Gasteiger partial charge in [-0.05, 0) is 52.0 Å². The first kappa shape index (κ1) is 21.3. The van der Waals surface area contributed by atoms with Gasteiger partial charge in [-0.15, -0.1) is 11.3 Å². The van der Waals surface area contributed by atoms with Crippen molar-refractivity contribution in [2.24, 2.45) is 11.1 Å². The first-order valence-corrected chi connectivity index (χ1v) is 11.2. The van der Waals surface area contributed by atoms with Crippen LogP contribution in [0.4, 0.5) is 11.4 Å². The number of Topliss-reactive ketones (excluding diaryl/α,β-unsaturated/α-hetero) is 1. The number of thiophene rings is 1. The number of non-ortho nitro benzene ring substituents is 1. The Morgan fingerprint density at radius 1 is 1.26 bits per heavy atom. The highest BCUT2D eigenvalue weighted by molar-refractivity contribution is 9.11. The number of carbonyl (C=O) groups is 1. The van der Waals surface area contributed by atoms with Gasteiger partial charge < -0.3 is 5.73 Å². The van der Waals surface area contributed by atoms with Crippen LogP contribution < -0.4 is 10.6 Å². The molecule has 1 aromatic carbocycles. The maximum absolute atomic E-state index is 13.4. The predicted molar refractivity (Wildman–Crippen MR) is 122 cm³/mol. The molecule has 2 aromatic rings. The minimum atomic E-state index is -0.519. The van der Waals surface area contributed by atoms with Crippen LogP contribution >= 0.6 is 27.3 Å². The van der Waals surface area contributed by atoms with E-state index in [4.69, 9.17) is 5.73 Å². The van der Waals surface area contributed by atoms with Crippen LogP contribution in [-0.2, 0) is 4.79 Å². The number of carbonyl (C=O) groups excluding carboxylic acids is 1. The summed E-state index contributed by atoms with van der Waals surface area (Å²) in [6.07, 6.45) is 0.967. The molecule has 31 heavy (non-hydrogen) atoms. The van der Waals surface area contributed by atoms with E-state index in [1.807, 2.05) is 26.0 Å². The van der Waals surface area contributed by atoms with Gasteiger partial charge in [-0.3, -0.25) is 19.8 Å². The Kier molecular flexibility index (Phi) is 5.23. The van der Waals surface area contributed by atoms with Crippen LogP contribution in [0.25, 0.3) is 0 Å². The summed E-state index contributed by atoms with van der Waals surface area (Å²) >= 11 is 4.94. The van der Waals surface area contributed by atoms with Crippen LogP contribution in [0.3, 0.4) is 0 Å². The maximum Gasteiger partial charge on any atom is 0.269 e. The number of halogens is 1. The molecule has 2 N–H and O–H groups in total. The van der Waals surface area contributed by atoms with E-state index in [1.165, 1.54) is 23.5 Å². The van der Waals surface area contributed by atoms with E-state index in [2.05, 4.69) is 22.0 Å². The molecule has 0 spiro atoms. The molecule has 1 atom stereocenters. The first-order valence-electron chi connectivity index (χ1n) is 9.59. The van der Waals surface area contributed by atoms with Crippen LogP contribution in [0.2, 0.25) is 0 Å². The molecule has 4 rings (SSSR count). The van der Waals surface area contributed by atoms with Gasteiger partial charge in [0.05, 0.1) is 26.3 Å². The minimum Gasteiger partial charge on any atom is -0.384 e. The van der Waals surface area contributed by atoms with Crippen molar-refractivity contribution in [2.75, 3.05) is 4.90 Å². The average molecular weight is 499 g/mol. The number of nitrogens with two attached hydrogens (primary N) is 1. The number of hydrogen-bond acceptors (Lipinski definition) is 7. The van der Waals surface area contributed by atoms with Crippen molar-refractivity contribution in [3.63, 3.8) is 0 Å². The van der Waals surface area contributed by atoms with E-state index >= 15 is 0 Å². The molecular weight excluding hydrogens is 480 g/mol. The van der Waals surface area contributed by atoms with Gasteiger partial charge in [-0.2, -0.15) is 5.26 Å². The molecule has 2 aliphatic rings. The summed E-state index contributed by atoms with van der Waals surface area (Å²) in [5, 5.41) is 21.1. The number of nitro groups is 1. The zero-order valence-corrected chi connectivity index (χ0v) is 19.3. The van der Waals surface area contributed by atoms with Gasteiger partial charge in [-0.25, -0.2) is 0 Å². The summed E-state index contributed by atoms with van der Waals surface area (Å²) in [7, 11) is 0. The number of anilines is 1. The molecule has 9 heteroatoms. The second-order valence-electron chi connectivity index (χ2n) is 8.40. The third kappa shape index (κ3) is 3.66. The molecule has 0 radical (unpaired) electrons. The highest BCUT2D eigenvalue weighted by Gasteiger charge is 2.45. The van der Waals surface area contributed by atoms with Gasteiger partial charge in [0.25, 0.3) is 5.69 Å². The lowest BCUT2D eigenvalue weighted by molar-refractivity contribution is -0.384. The number of benzene rings is 1. The van der Waals surface area contributed by atoms with E-state index in [-0.39, 0.29) is 22.7 Å². The number of nitro benzene ring substituents is 1. The topological polar surface area (TPSA) is 113 Å². The van der Waals surface area contributed by atoms with Gasteiger partial charge in [-0.1, -0.05) is 13.8 Å². The van der Waals surface area contributed by atoms with Gasteiger partial charge >= 0.3 is 0 Å². The molecule has 158 valence electrons. The molecule has 0 bridgehead atoms. The number of hydrogen-bond donors (Lipinski definition) is 1. The first-order chi connectivity index (χ1) is 14.6. The van der Waals surface area contributed by atoms with Gasteiger partial charge in [0.15, 0.2) is 5.78 Å². The molecule has 0 saturated heterocycles. The summed E-state index contributed by atoms with van der Waals surface area (Å²) in [6, 6.07) is 12.0. The quantitative estimate of drug-likeness (QED) is 0.449. The van der Waals surface area contributed by atoms with Crippen molar-refractivity contribution >= 4 is 44.4 Å². The van der Waals surface area contributed by atoms with Gasteiger partial charge in [0, 0.05) is 40.4 Å². The Labute approximate surface area is 191 Å². The molecule has 1 aliphatic heterocycles. The average Bonchev–Trinajstić information content (AvgIpc) is 3.12. The van der Waals surface area contributed by atoms with E-state index in [1.54, 1.807) is 17.0 Å². The Morgan fingerprint density at radius 3 is 2.48 bits per heavy atom. The molecule has 1 aromatic heterocycles. The maximum atomic E-state index is 13.4. The normalized spacial score (nSPS) is 20.5. The van der Waals surface area contributed by atoms with E-state index in [0.717, 1.165) is 14.4 Å². The Bertz CT molecular complexity index is 1200. The fraction of sp³-hybridized carbons (Fsp3) is 0.273. The molecule has 0 unspecified atom stereocenters. The second kappa shape index (κ2) is 7.62. The highest BCUT2D eigenvalue weighted by atomic mass is 79.9. The van der Waals surface area contributed by atoms with Crippen molar-refractivity contribution < 1.29 is 9.72 Å². The standard InChI is InChI=1S/C22H19BrN4O3S/c1-22(2)9-15-20(16(28)10-22)19(17-7-8-18(23)31-17)14(11-24)21(25)26(15)12-3-5-13(6-4-12)27(29)30/h3-8,19H,9-10,25H2,1-2H3/t19-/m0/s1. The fourth-order valence-electron chi connectivity index (χ4n) is 4.30. The van der Waals surface area contributed by atoms with E-state index < -0.39 is 10.8 Å². The van der Waals surface area contributed by atoms with E-state index in [0.29, 0.717) is 29.7 Å². The van der Waals surface area contributed by atoms with Crippen molar-refractivity contribution in [1.82, 2.24) is 0 Å². The number of rotatable bonds is 3. The lowest BCUT2D eigenvalue weighted by atomic mass is 9.69. The molecule has 1 aliphatic carbocycles. The number of ketones is 1. The van der Waals surface area contributed by atoms with Crippen LogP contribution in [0.1, 0.15) is 37.5 Å². The molecule has 0 saturated carbocycles. The monoisotopic (exact) mass is 498 g/mol. The zero-order chi connectivity index (χ0) is 22.5. The van der Waals surface area contributed by atoms with Crippen LogP contribution in [0.5, 0.6) is 0 Å². The summed E-state index contributed by atoms with van der Waals surface area (Å²) in [5.41, 5.74) is 8.44. The Balaban J connectivity index is 1.96. The molecule has 7 nitrogen and oxygen atoms in total. The van der Waals surface area contributed by atoms with Crippen molar-refractivity contribution in [2.45, 2.75) is 32.6 Å². The SMILES string of the molecule is CC1(C)CC(=O)C2=C(C1)N(c1ccc([N+](=O)[O-])cc1)C(N)=C(C#N)[C@H]2c1ccc(Br)s1. The number of nitrogens with zero attached hydrogens (tertiary/aromatic N) is 3. The third-order valence-electron chi connectivity index (χ3n) is 5.58. The van der Waals surface area contributed by atoms with Crippen LogP contribution in [0, 0.1) is 26.9 Å². The van der Waals surface area contributed by atoms with Crippen molar-refractivity contribution in [3.05, 3.63) is 77.8 Å². The van der Waals surface area contributed by atoms with E-state index in [9.17, 15) is 20.2 Å². The lowest BCUT2D eigenvalue weighted by Crippen LogP contribution is -2.42. The van der Waals surface area contributed by atoms with Crippen LogP contribution in [-0.4, -0.2) is 10.7 Å². The second-order valence-corrected chi connectivity index (χ2v) is 10.9. The molecular formula is C22H19BrN4O3S. The number of allylic oxidation sites excluding steroid dienone is 3. The minimum absolute atomic E-state index is 0.00654. The van der Waals surface area contributed by atoms with Crippen molar-refractivity contribution in [3.8, 4) is 6.07 Å². The lowest BCUT2D eigenvalue weighted by Gasteiger charge is -2.43. The number of nitriles is 1.